The number of nitrogens with one attached hydrogen (secondary N) is 1. The zero-order chi connectivity index (χ0) is 13.4. The van der Waals surface area contributed by atoms with E-state index in [2.05, 4.69) is 26.4 Å². The first-order chi connectivity index (χ1) is 9.15. The van der Waals surface area contributed by atoms with Crippen LogP contribution in [0.15, 0.2) is 12.3 Å². The number of H-pyrrole nitrogens is 1. The van der Waals surface area contributed by atoms with Crippen LogP contribution in [-0.4, -0.2) is 39.1 Å². The van der Waals surface area contributed by atoms with Gasteiger partial charge in [0.05, 0.1) is 10.5 Å². The molecule has 19 heavy (non-hydrogen) atoms. The van der Waals surface area contributed by atoms with E-state index < -0.39 is 0 Å². The van der Waals surface area contributed by atoms with Crippen molar-refractivity contribution in [1.29, 1.82) is 0 Å². The number of halogens is 1. The molecule has 0 saturated carbocycles. The molecule has 1 saturated heterocycles. The first kappa shape index (κ1) is 13.1. The minimum Gasteiger partial charge on any atom is -0.329 e. The Morgan fingerprint density at radius 2 is 2.21 bits per heavy atom. The molecule has 0 spiro atoms. The van der Waals surface area contributed by atoms with Crippen LogP contribution in [0.3, 0.4) is 0 Å². The normalized spacial score (nSPS) is 18.2. The maximum atomic E-state index is 5.96. The number of imidazole rings is 1. The molecule has 1 fully saturated rings. The maximum absolute atomic E-state index is 5.96. The third-order valence-corrected chi connectivity index (χ3v) is 4.19. The quantitative estimate of drug-likeness (QED) is 0.882. The molecule has 3 heterocycles. The second-order valence-corrected chi connectivity index (χ2v) is 6.00. The van der Waals surface area contributed by atoms with Gasteiger partial charge in [0.2, 0.25) is 0 Å². The zero-order valence-electron chi connectivity index (χ0n) is 10.9. The van der Waals surface area contributed by atoms with Crippen LogP contribution >= 0.6 is 23.8 Å². The molecule has 2 aromatic heterocycles. The number of pyridine rings is 1. The Labute approximate surface area is 122 Å². The highest BCUT2D eigenvalue weighted by Gasteiger charge is 2.18. The van der Waals surface area contributed by atoms with Gasteiger partial charge in [0.25, 0.3) is 0 Å². The maximum Gasteiger partial charge on any atom is 0.179 e. The SMILES string of the molecule is CC(CN1CCCC1)n1c(=S)[nH]c2cc(Cl)cnc21. The summed E-state index contributed by atoms with van der Waals surface area (Å²) >= 11 is 11.4. The molecule has 4 nitrogen and oxygen atoms in total. The summed E-state index contributed by atoms with van der Waals surface area (Å²) in [6, 6.07) is 2.19. The van der Waals surface area contributed by atoms with Gasteiger partial charge in [-0.3, -0.25) is 4.57 Å². The number of hydrogen-bond acceptors (Lipinski definition) is 3. The topological polar surface area (TPSA) is 36.9 Å². The van der Waals surface area contributed by atoms with Gasteiger partial charge in [-0.25, -0.2) is 4.98 Å². The number of nitrogens with zero attached hydrogens (tertiary/aromatic N) is 3. The third kappa shape index (κ3) is 2.55. The Hall–Kier alpha value is -0.910. The molecule has 102 valence electrons. The number of hydrogen-bond donors (Lipinski definition) is 1. The van der Waals surface area contributed by atoms with Crippen molar-refractivity contribution in [1.82, 2.24) is 19.4 Å². The van der Waals surface area contributed by atoms with Gasteiger partial charge in [-0.2, -0.15) is 0 Å². The molecule has 0 bridgehead atoms. The van der Waals surface area contributed by atoms with Gasteiger partial charge in [0.15, 0.2) is 10.4 Å². The zero-order valence-corrected chi connectivity index (χ0v) is 12.5. The van der Waals surface area contributed by atoms with E-state index >= 15 is 0 Å². The van der Waals surface area contributed by atoms with Crippen LogP contribution in [0, 0.1) is 4.77 Å². The van der Waals surface area contributed by atoms with Crippen LogP contribution < -0.4 is 0 Å². The summed E-state index contributed by atoms with van der Waals surface area (Å²) in [6.45, 7) is 5.60. The highest BCUT2D eigenvalue weighted by molar-refractivity contribution is 7.71. The number of likely N-dealkylation sites (tertiary alicyclic amines) is 1. The Balaban J connectivity index is 1.94. The summed E-state index contributed by atoms with van der Waals surface area (Å²) < 4.78 is 2.82. The van der Waals surface area contributed by atoms with Crippen LogP contribution in [0.5, 0.6) is 0 Å². The lowest BCUT2D eigenvalue weighted by Crippen LogP contribution is -2.27. The highest BCUT2D eigenvalue weighted by atomic mass is 35.5. The molecular weight excluding hydrogens is 280 g/mol. The molecule has 1 atom stereocenters. The largest absolute Gasteiger partial charge is 0.329 e. The summed E-state index contributed by atoms with van der Waals surface area (Å²) in [4.78, 5) is 10.1. The molecule has 0 amide bonds. The number of aromatic nitrogens is 3. The third-order valence-electron chi connectivity index (χ3n) is 3.68. The van der Waals surface area contributed by atoms with E-state index in [0.29, 0.717) is 11.1 Å². The van der Waals surface area contributed by atoms with E-state index in [-0.39, 0.29) is 0 Å². The lowest BCUT2D eigenvalue weighted by Gasteiger charge is -2.21. The first-order valence-electron chi connectivity index (χ1n) is 6.63. The fourth-order valence-corrected chi connectivity index (χ4v) is 3.35. The molecule has 0 aliphatic carbocycles. The van der Waals surface area contributed by atoms with E-state index in [4.69, 9.17) is 23.8 Å². The Morgan fingerprint density at radius 1 is 1.47 bits per heavy atom. The van der Waals surface area contributed by atoms with Crippen molar-refractivity contribution in [3.05, 3.63) is 22.1 Å². The van der Waals surface area contributed by atoms with Crippen LogP contribution in [-0.2, 0) is 0 Å². The van der Waals surface area contributed by atoms with Crippen molar-refractivity contribution < 1.29 is 0 Å². The molecule has 2 aromatic rings. The molecule has 0 radical (unpaired) electrons. The second kappa shape index (κ2) is 5.23. The van der Waals surface area contributed by atoms with Gasteiger partial charge >= 0.3 is 0 Å². The average Bonchev–Trinajstić information content (AvgIpc) is 2.95. The Kier molecular flexibility index (Phi) is 3.60. The van der Waals surface area contributed by atoms with Gasteiger partial charge in [0.1, 0.15) is 0 Å². The van der Waals surface area contributed by atoms with Crippen LogP contribution in [0.2, 0.25) is 5.02 Å². The van der Waals surface area contributed by atoms with Gasteiger partial charge in [-0.1, -0.05) is 11.6 Å². The highest BCUT2D eigenvalue weighted by Crippen LogP contribution is 2.21. The van der Waals surface area contributed by atoms with Crippen molar-refractivity contribution in [2.24, 2.45) is 0 Å². The summed E-state index contributed by atoms with van der Waals surface area (Å²) in [5.74, 6) is 0. The van der Waals surface area contributed by atoms with E-state index in [9.17, 15) is 0 Å². The summed E-state index contributed by atoms with van der Waals surface area (Å²) in [7, 11) is 0. The van der Waals surface area contributed by atoms with Crippen molar-refractivity contribution in [2.45, 2.75) is 25.8 Å². The number of fused-ring (bicyclic) bond motifs is 1. The predicted molar refractivity (Wildman–Crippen MR) is 80.3 cm³/mol. The summed E-state index contributed by atoms with van der Waals surface area (Å²) in [6.07, 6.45) is 4.28. The number of aromatic amines is 1. The minimum absolute atomic E-state index is 0.313. The van der Waals surface area contributed by atoms with E-state index in [1.807, 2.05) is 6.07 Å². The van der Waals surface area contributed by atoms with Crippen LogP contribution in [0.1, 0.15) is 25.8 Å². The molecule has 3 rings (SSSR count). The predicted octanol–water partition coefficient (Wildman–Crippen LogP) is 3.40. The standard InChI is InChI=1S/C13H17ClN4S/c1-9(8-17-4-2-3-5-17)18-12-11(16-13(18)19)6-10(14)7-15-12/h6-7,9H,2-5,8H2,1H3,(H,16,19). The number of rotatable bonds is 3. The van der Waals surface area contributed by atoms with Gasteiger partial charge in [0, 0.05) is 18.8 Å². The van der Waals surface area contributed by atoms with E-state index in [1.54, 1.807) is 6.20 Å². The fraction of sp³-hybridized carbons (Fsp3) is 0.538. The van der Waals surface area contributed by atoms with Gasteiger partial charge in [-0.05, 0) is 51.1 Å². The lowest BCUT2D eigenvalue weighted by molar-refractivity contribution is 0.289. The van der Waals surface area contributed by atoms with Gasteiger partial charge < -0.3 is 9.88 Å². The molecule has 1 aliphatic heterocycles. The molecule has 6 heteroatoms. The van der Waals surface area contributed by atoms with Crippen molar-refractivity contribution in [3.63, 3.8) is 0 Å². The lowest BCUT2D eigenvalue weighted by atomic mass is 10.3. The smallest absolute Gasteiger partial charge is 0.179 e. The molecule has 0 aromatic carbocycles. The van der Waals surface area contributed by atoms with E-state index in [0.717, 1.165) is 22.5 Å². The second-order valence-electron chi connectivity index (χ2n) is 5.18. The van der Waals surface area contributed by atoms with Crippen molar-refractivity contribution in [3.8, 4) is 0 Å². The van der Waals surface area contributed by atoms with Crippen LogP contribution in [0.25, 0.3) is 11.2 Å². The van der Waals surface area contributed by atoms with Crippen LogP contribution in [0.4, 0.5) is 0 Å². The molecule has 1 aliphatic rings. The summed E-state index contributed by atoms with van der Waals surface area (Å²) in [5.41, 5.74) is 1.80. The van der Waals surface area contributed by atoms with E-state index in [1.165, 1.54) is 25.9 Å². The summed E-state index contributed by atoms with van der Waals surface area (Å²) in [5, 5.41) is 0.628. The Morgan fingerprint density at radius 3 is 2.95 bits per heavy atom. The minimum atomic E-state index is 0.313. The molecular formula is C13H17ClN4S. The monoisotopic (exact) mass is 296 g/mol. The Bertz CT molecular complexity index is 642. The van der Waals surface area contributed by atoms with Crippen molar-refractivity contribution in [2.75, 3.05) is 19.6 Å². The average molecular weight is 297 g/mol. The molecule has 1 unspecified atom stereocenters. The fourth-order valence-electron chi connectivity index (χ4n) is 2.82. The van der Waals surface area contributed by atoms with Gasteiger partial charge in [-0.15, -0.1) is 0 Å². The molecule has 1 N–H and O–H groups in total. The van der Waals surface area contributed by atoms with Crippen molar-refractivity contribution >= 4 is 35.0 Å². The first-order valence-corrected chi connectivity index (χ1v) is 7.42.